The van der Waals surface area contributed by atoms with Crippen LogP contribution in [0, 0.1) is 6.92 Å². The first-order valence-corrected chi connectivity index (χ1v) is 7.65. The molecular weight excluding hydrogens is 316 g/mol. The predicted molar refractivity (Wildman–Crippen MR) is 89.8 cm³/mol. The Bertz CT molecular complexity index is 652. The number of rotatable bonds is 7. The first kappa shape index (κ1) is 17.0. The fourth-order valence-electron chi connectivity index (χ4n) is 1.88. The normalized spacial score (nSPS) is 11.6. The Morgan fingerprint density at radius 2 is 2.04 bits per heavy atom. The Kier molecular flexibility index (Phi) is 6.17. The number of carbonyl (C=O) groups is 1. The summed E-state index contributed by atoms with van der Waals surface area (Å²) >= 11 is 5.90. The smallest absolute Gasteiger partial charge is 0.260 e. The Balaban J connectivity index is 1.74. The number of anilines is 1. The fourth-order valence-corrected chi connectivity index (χ4v) is 2.11. The van der Waals surface area contributed by atoms with Crippen molar-refractivity contribution in [3.05, 3.63) is 47.2 Å². The molecule has 122 valence electrons. The highest BCUT2D eigenvalue weighted by molar-refractivity contribution is 6.30. The van der Waals surface area contributed by atoms with E-state index in [0.717, 1.165) is 5.56 Å². The third-order valence-electron chi connectivity index (χ3n) is 3.08. The number of halogens is 1. The summed E-state index contributed by atoms with van der Waals surface area (Å²) in [7, 11) is 0. The highest BCUT2D eigenvalue weighted by atomic mass is 35.5. The summed E-state index contributed by atoms with van der Waals surface area (Å²) in [4.78, 5) is 20.1. The minimum atomic E-state index is -0.595. The van der Waals surface area contributed by atoms with Crippen molar-refractivity contribution < 1.29 is 9.53 Å². The van der Waals surface area contributed by atoms with Gasteiger partial charge in [0.1, 0.15) is 5.75 Å². The molecule has 2 rings (SSSR count). The summed E-state index contributed by atoms with van der Waals surface area (Å²) in [6.45, 7) is 4.57. The van der Waals surface area contributed by atoms with E-state index >= 15 is 0 Å². The molecule has 0 aliphatic carbocycles. The van der Waals surface area contributed by atoms with Crippen LogP contribution in [0.1, 0.15) is 12.5 Å². The number of nitrogens with zero attached hydrogens (tertiary/aromatic N) is 2. The summed E-state index contributed by atoms with van der Waals surface area (Å²) in [6, 6.07) is 7.03. The largest absolute Gasteiger partial charge is 0.481 e. The molecule has 6 nitrogen and oxygen atoms in total. The van der Waals surface area contributed by atoms with Gasteiger partial charge in [-0.05, 0) is 43.7 Å². The average Bonchev–Trinajstić information content (AvgIpc) is 2.55. The van der Waals surface area contributed by atoms with Crippen LogP contribution in [0.25, 0.3) is 0 Å². The fraction of sp³-hybridized carbons (Fsp3) is 0.312. The van der Waals surface area contributed by atoms with Crippen LogP contribution >= 0.6 is 11.6 Å². The van der Waals surface area contributed by atoms with E-state index in [4.69, 9.17) is 16.3 Å². The van der Waals surface area contributed by atoms with Crippen molar-refractivity contribution in [1.82, 2.24) is 15.3 Å². The predicted octanol–water partition coefficient (Wildman–Crippen LogP) is 2.43. The molecule has 0 saturated carbocycles. The van der Waals surface area contributed by atoms with Crippen molar-refractivity contribution in [1.29, 1.82) is 0 Å². The van der Waals surface area contributed by atoms with Crippen molar-refractivity contribution in [2.24, 2.45) is 0 Å². The van der Waals surface area contributed by atoms with E-state index in [9.17, 15) is 4.79 Å². The zero-order chi connectivity index (χ0) is 16.7. The number of nitrogens with one attached hydrogen (secondary N) is 2. The molecule has 1 aromatic heterocycles. The summed E-state index contributed by atoms with van der Waals surface area (Å²) in [5, 5.41) is 6.45. The zero-order valence-electron chi connectivity index (χ0n) is 13.0. The van der Waals surface area contributed by atoms with E-state index in [0.29, 0.717) is 29.8 Å². The maximum atomic E-state index is 12.0. The van der Waals surface area contributed by atoms with Gasteiger partial charge in [0.25, 0.3) is 5.91 Å². The second-order valence-electron chi connectivity index (χ2n) is 4.96. The van der Waals surface area contributed by atoms with Gasteiger partial charge >= 0.3 is 0 Å². The Labute approximate surface area is 140 Å². The third kappa shape index (κ3) is 5.41. The van der Waals surface area contributed by atoms with Gasteiger partial charge in [-0.2, -0.15) is 0 Å². The highest BCUT2D eigenvalue weighted by Gasteiger charge is 2.15. The van der Waals surface area contributed by atoms with Gasteiger partial charge in [-0.3, -0.25) is 4.79 Å². The van der Waals surface area contributed by atoms with Gasteiger partial charge in [-0.15, -0.1) is 0 Å². The number of amides is 1. The van der Waals surface area contributed by atoms with Gasteiger partial charge in [0.2, 0.25) is 5.95 Å². The van der Waals surface area contributed by atoms with Gasteiger partial charge in [0.05, 0.1) is 0 Å². The Hall–Kier alpha value is -2.34. The van der Waals surface area contributed by atoms with Crippen molar-refractivity contribution in [2.75, 3.05) is 18.4 Å². The van der Waals surface area contributed by atoms with E-state index in [1.54, 1.807) is 43.6 Å². The molecule has 1 amide bonds. The SMILES string of the molecule is Cc1cc(Cl)ccc1O[C@H](C)C(=O)NCCNc1ncccn1. The van der Waals surface area contributed by atoms with Crippen LogP contribution in [0.5, 0.6) is 5.75 Å². The standard InChI is InChI=1S/C16H19ClN4O2/c1-11-10-13(17)4-5-14(11)23-12(2)15(22)18-8-9-21-16-19-6-3-7-20-16/h3-7,10,12H,8-9H2,1-2H3,(H,18,22)(H,19,20,21)/t12-/m1/s1. The van der Waals surface area contributed by atoms with Crippen LogP contribution in [0.4, 0.5) is 5.95 Å². The molecule has 0 bridgehead atoms. The molecule has 1 atom stereocenters. The van der Waals surface area contributed by atoms with Crippen molar-refractivity contribution in [2.45, 2.75) is 20.0 Å². The maximum Gasteiger partial charge on any atom is 0.260 e. The number of carbonyl (C=O) groups excluding carboxylic acids is 1. The maximum absolute atomic E-state index is 12.0. The number of hydrogen-bond acceptors (Lipinski definition) is 5. The van der Waals surface area contributed by atoms with Crippen molar-refractivity contribution in [3.8, 4) is 5.75 Å². The lowest BCUT2D eigenvalue weighted by atomic mass is 10.2. The van der Waals surface area contributed by atoms with E-state index in [1.807, 2.05) is 6.92 Å². The molecule has 0 unspecified atom stereocenters. The molecule has 2 N–H and O–H groups in total. The summed E-state index contributed by atoms with van der Waals surface area (Å²) in [6.07, 6.45) is 2.71. The minimum Gasteiger partial charge on any atom is -0.481 e. The van der Waals surface area contributed by atoms with E-state index < -0.39 is 6.10 Å². The molecule has 0 aliphatic heterocycles. The van der Waals surface area contributed by atoms with Crippen LogP contribution in [0.3, 0.4) is 0 Å². The molecule has 1 aromatic carbocycles. The van der Waals surface area contributed by atoms with Crippen molar-refractivity contribution >= 4 is 23.5 Å². The lowest BCUT2D eigenvalue weighted by Crippen LogP contribution is -2.38. The molecule has 7 heteroatoms. The van der Waals surface area contributed by atoms with Crippen LogP contribution in [-0.4, -0.2) is 35.1 Å². The molecule has 0 aliphatic rings. The Morgan fingerprint density at radius 1 is 1.30 bits per heavy atom. The van der Waals surface area contributed by atoms with Gasteiger partial charge in [0, 0.05) is 30.5 Å². The lowest BCUT2D eigenvalue weighted by molar-refractivity contribution is -0.127. The second kappa shape index (κ2) is 8.33. The third-order valence-corrected chi connectivity index (χ3v) is 3.32. The van der Waals surface area contributed by atoms with Gasteiger partial charge in [-0.25, -0.2) is 9.97 Å². The van der Waals surface area contributed by atoms with Crippen LogP contribution in [-0.2, 0) is 4.79 Å². The van der Waals surface area contributed by atoms with Gasteiger partial charge in [0.15, 0.2) is 6.10 Å². The van der Waals surface area contributed by atoms with Crippen LogP contribution in [0.15, 0.2) is 36.7 Å². The first-order valence-electron chi connectivity index (χ1n) is 7.27. The molecule has 0 spiro atoms. The Morgan fingerprint density at radius 3 is 2.74 bits per heavy atom. The van der Waals surface area contributed by atoms with Gasteiger partial charge in [-0.1, -0.05) is 11.6 Å². The molecule has 0 fully saturated rings. The average molecular weight is 335 g/mol. The van der Waals surface area contributed by atoms with Crippen molar-refractivity contribution in [3.63, 3.8) is 0 Å². The number of hydrogen-bond donors (Lipinski definition) is 2. The number of aryl methyl sites for hydroxylation is 1. The summed E-state index contributed by atoms with van der Waals surface area (Å²) in [5.74, 6) is 0.992. The number of ether oxygens (including phenoxy) is 1. The van der Waals surface area contributed by atoms with Crippen LogP contribution in [0.2, 0.25) is 5.02 Å². The number of benzene rings is 1. The van der Waals surface area contributed by atoms with Gasteiger partial charge < -0.3 is 15.4 Å². The van der Waals surface area contributed by atoms with E-state index in [-0.39, 0.29) is 5.91 Å². The molecule has 0 saturated heterocycles. The molecular formula is C16H19ClN4O2. The monoisotopic (exact) mass is 334 g/mol. The highest BCUT2D eigenvalue weighted by Crippen LogP contribution is 2.22. The quantitative estimate of drug-likeness (QED) is 0.761. The summed E-state index contributed by atoms with van der Waals surface area (Å²) in [5.41, 5.74) is 0.889. The summed E-state index contributed by atoms with van der Waals surface area (Å²) < 4.78 is 5.66. The second-order valence-corrected chi connectivity index (χ2v) is 5.40. The van der Waals surface area contributed by atoms with Crippen LogP contribution < -0.4 is 15.4 Å². The van der Waals surface area contributed by atoms with E-state index in [2.05, 4.69) is 20.6 Å². The molecule has 1 heterocycles. The molecule has 0 radical (unpaired) electrons. The zero-order valence-corrected chi connectivity index (χ0v) is 13.8. The lowest BCUT2D eigenvalue weighted by Gasteiger charge is -2.16. The number of aromatic nitrogens is 2. The molecule has 2 aromatic rings. The minimum absolute atomic E-state index is 0.185. The van der Waals surface area contributed by atoms with E-state index in [1.165, 1.54) is 0 Å². The topological polar surface area (TPSA) is 76.1 Å². The first-order chi connectivity index (χ1) is 11.1. The molecule has 23 heavy (non-hydrogen) atoms.